The number of fused-ring (bicyclic) bond motifs is 11. The largest absolute Gasteiger partial charge is 0.0854 e. The molecule has 8 fully saturated rings. The smallest absolute Gasteiger partial charge is 0.00669 e. The van der Waals surface area contributed by atoms with Crippen LogP contribution in [-0.2, 0) is 25.7 Å². The van der Waals surface area contributed by atoms with Gasteiger partial charge in [-0.2, -0.15) is 0 Å². The normalized spacial score (nSPS) is 35.2. The molecule has 8 saturated carbocycles. The molecule has 0 amide bonds. The Balaban J connectivity index is 0.000000130. The van der Waals surface area contributed by atoms with Gasteiger partial charge in [0.1, 0.15) is 0 Å². The fourth-order valence-corrected chi connectivity index (χ4v) is 28.0. The van der Waals surface area contributed by atoms with Crippen molar-refractivity contribution in [2.45, 2.75) is 434 Å². The Morgan fingerprint density at radius 2 is 0.733 bits per heavy atom. The Morgan fingerprint density at radius 3 is 1.32 bits per heavy atom. The van der Waals surface area contributed by atoms with Crippen molar-refractivity contribution in [2.24, 2.45) is 148 Å². The summed E-state index contributed by atoms with van der Waals surface area (Å²) in [7, 11) is 0. The molecule has 0 nitrogen and oxygen atoms in total. The summed E-state index contributed by atoms with van der Waals surface area (Å²) in [5, 5.41) is 0. The minimum absolute atomic E-state index is 0.709. The summed E-state index contributed by atoms with van der Waals surface area (Å²) in [4.78, 5) is 0. The molecule has 0 N–H and O–H groups in total. The number of benzene rings is 3. The van der Waals surface area contributed by atoms with Crippen LogP contribution < -0.4 is 0 Å². The lowest BCUT2D eigenvalue weighted by molar-refractivity contribution is 0.180. The van der Waals surface area contributed by atoms with Crippen LogP contribution in [0, 0.1) is 169 Å². The Labute approximate surface area is 810 Å². The summed E-state index contributed by atoms with van der Waals surface area (Å²) in [6, 6.07) is 20.2. The van der Waals surface area contributed by atoms with Gasteiger partial charge in [-0.05, 0) is 494 Å². The molecule has 0 aromatic heterocycles. The highest BCUT2D eigenvalue weighted by atomic mass is 14.4. The van der Waals surface area contributed by atoms with E-state index in [1.807, 2.05) is 0 Å². The molecule has 0 bridgehead atoms. The van der Waals surface area contributed by atoms with Crippen LogP contribution in [0.15, 0.2) is 172 Å². The molecule has 724 valence electrons. The molecule has 0 spiro atoms. The van der Waals surface area contributed by atoms with Crippen molar-refractivity contribution in [3.8, 4) is 0 Å². The summed E-state index contributed by atoms with van der Waals surface area (Å²) >= 11 is 0. The lowest BCUT2D eigenvalue weighted by atomic mass is 9.68. The molecule has 25 atom stereocenters. The van der Waals surface area contributed by atoms with Crippen molar-refractivity contribution in [2.75, 3.05) is 0 Å². The summed E-state index contributed by atoms with van der Waals surface area (Å²) in [5.41, 5.74) is 28.1. The first-order valence-electron chi connectivity index (χ1n) is 56.7. The van der Waals surface area contributed by atoms with Crippen LogP contribution in [-0.4, -0.2) is 0 Å². The maximum absolute atomic E-state index is 2.56. The van der Waals surface area contributed by atoms with E-state index in [4.69, 9.17) is 0 Å². The lowest BCUT2D eigenvalue weighted by Gasteiger charge is -2.37. The van der Waals surface area contributed by atoms with E-state index < -0.39 is 0 Å². The Morgan fingerprint density at radius 1 is 0.244 bits per heavy atom. The molecule has 0 heteroatoms. The minimum atomic E-state index is 0.709. The van der Waals surface area contributed by atoms with E-state index in [1.54, 1.807) is 39.0 Å². The van der Waals surface area contributed by atoms with Gasteiger partial charge in [-0.25, -0.2) is 0 Å². The maximum Gasteiger partial charge on any atom is -0.00669 e. The van der Waals surface area contributed by atoms with Crippen molar-refractivity contribution >= 4 is 12.2 Å². The molecule has 0 saturated heterocycles. The molecule has 0 heterocycles. The standard InChI is InChI=1S/7C12H20.3C12H14.C11H18/c10*1-9-3-5-12-8-10(2)4-6-11(12)7-9;1-9-6-7-10-4-2-3-5-11(10)8-9/h2*7,10-12H,3-6,8H2,1-2H3;2*7,9-10,12H,3-6,8H2,1-2H3;2*5,9-11H,3-4,6-8H2,1-2H3;3,10-12H,4-8H2,1-2H3;3,5,7-8H,4,6H2,1-2H3;3-5,7H,6,8H2,1-2H3;3-7,10H,8H2,1-2H3;6-7,9-11H,2-5,8H2,1H3. The van der Waals surface area contributed by atoms with Crippen molar-refractivity contribution in [3.05, 3.63) is 222 Å². The van der Waals surface area contributed by atoms with Gasteiger partial charge in [0.25, 0.3) is 0 Å². The zero-order valence-corrected chi connectivity index (χ0v) is 89.0. The average Bonchev–Trinajstić information content (AvgIpc) is 0.838. The quantitative estimate of drug-likeness (QED) is 0.197. The fourth-order valence-electron chi connectivity index (χ4n) is 28.0. The molecule has 3 aromatic rings. The van der Waals surface area contributed by atoms with Crippen molar-refractivity contribution < 1.29 is 0 Å². The lowest BCUT2D eigenvalue weighted by Crippen LogP contribution is -2.25. The second-order valence-electron chi connectivity index (χ2n) is 49.8. The van der Waals surface area contributed by atoms with Gasteiger partial charge in [0, 0.05) is 0 Å². The summed E-state index contributed by atoms with van der Waals surface area (Å²) in [6.07, 6.45) is 95.7. The zero-order valence-electron chi connectivity index (χ0n) is 89.0. The molecule has 3 aromatic carbocycles. The Kier molecular flexibility index (Phi) is 42.0. The third-order valence-corrected chi connectivity index (χ3v) is 36.3. The molecule has 19 aliphatic rings. The van der Waals surface area contributed by atoms with Crippen molar-refractivity contribution in [1.82, 2.24) is 0 Å². The predicted octanol–water partition coefficient (Wildman–Crippen LogP) is 39.4. The Bertz CT molecular complexity index is 4230. The van der Waals surface area contributed by atoms with E-state index in [0.717, 1.165) is 155 Å². The maximum atomic E-state index is 2.56. The minimum Gasteiger partial charge on any atom is -0.0854 e. The van der Waals surface area contributed by atoms with Crippen LogP contribution >= 0.6 is 0 Å². The first-order chi connectivity index (χ1) is 62.9. The van der Waals surface area contributed by atoms with E-state index in [2.05, 4.69) is 279 Å². The highest BCUT2D eigenvalue weighted by Crippen LogP contribution is 2.49. The molecule has 19 aliphatic carbocycles. The molecule has 0 aliphatic heterocycles. The highest BCUT2D eigenvalue weighted by molar-refractivity contribution is 5.60. The van der Waals surface area contributed by atoms with E-state index in [0.29, 0.717) is 5.92 Å². The second kappa shape index (κ2) is 52.5. The number of hydrogen-bond donors (Lipinski definition) is 0. The number of allylic oxidation sites excluding steroid dienone is 20. The van der Waals surface area contributed by atoms with E-state index in [9.17, 15) is 0 Å². The third kappa shape index (κ3) is 34.1. The monoisotopic (exact) mass is 1770 g/mol. The van der Waals surface area contributed by atoms with Gasteiger partial charge in [-0.1, -0.05) is 323 Å². The van der Waals surface area contributed by atoms with E-state index in [-0.39, 0.29) is 0 Å². The van der Waals surface area contributed by atoms with Crippen LogP contribution in [0.1, 0.15) is 438 Å². The predicted molar refractivity (Wildman–Crippen MR) is 578 cm³/mol. The molecular formula is C131H200. The molecule has 131 heavy (non-hydrogen) atoms. The summed E-state index contributed by atoms with van der Waals surface area (Å²) in [5.74, 6) is 24.1. The number of hydrogen-bond acceptors (Lipinski definition) is 0. The van der Waals surface area contributed by atoms with Gasteiger partial charge in [0.05, 0.1) is 0 Å². The van der Waals surface area contributed by atoms with Crippen molar-refractivity contribution in [3.63, 3.8) is 0 Å². The highest BCUT2D eigenvalue weighted by Gasteiger charge is 2.36. The molecule has 0 radical (unpaired) electrons. The van der Waals surface area contributed by atoms with Crippen molar-refractivity contribution in [1.29, 1.82) is 0 Å². The molecule has 25 unspecified atom stereocenters. The van der Waals surface area contributed by atoms with Crippen LogP contribution in [0.4, 0.5) is 0 Å². The number of rotatable bonds is 0. The van der Waals surface area contributed by atoms with Gasteiger partial charge in [0.2, 0.25) is 0 Å². The first kappa shape index (κ1) is 105. The molecule has 22 rings (SSSR count). The van der Waals surface area contributed by atoms with Crippen LogP contribution in [0.25, 0.3) is 12.2 Å². The van der Waals surface area contributed by atoms with Crippen LogP contribution in [0.2, 0.25) is 0 Å². The first-order valence-corrected chi connectivity index (χ1v) is 56.7. The average molecular weight is 1780 g/mol. The zero-order chi connectivity index (χ0) is 93.2. The second-order valence-corrected chi connectivity index (χ2v) is 49.8. The Hall–Kier alpha value is -5.20. The SMILES string of the molecule is CC1=CC2CCC(C)CC2CC1.CC1=CC2CCC(C)CC2CC1.CC1=CCC2CC(C)CCC2C1.CC1=CCc2cc(C)ccc2C1.CC1=Cc2ccc(C)cc2CC1.CC1C=C2CCC(C)CC2CC1.CC1C=C2CCC(C)CC2CC1.CC1C=CC2CCCCC2C1.CC1CCC2CC(C)CC=C2C1.CC1CCC2CC(C)CC=C2C1.Cc1ccc2c(c1)C=CC(C)C2. The summed E-state index contributed by atoms with van der Waals surface area (Å²) < 4.78 is 0. The van der Waals surface area contributed by atoms with Crippen LogP contribution in [0.3, 0.4) is 0 Å². The van der Waals surface area contributed by atoms with E-state index in [1.165, 1.54) is 337 Å². The fraction of sp³-hybridized carbons (Fsp3) is 0.695. The van der Waals surface area contributed by atoms with Gasteiger partial charge < -0.3 is 0 Å². The number of aryl methyl sites for hydroxylation is 4. The molecular weight excluding hydrogens is 1570 g/mol. The van der Waals surface area contributed by atoms with E-state index >= 15 is 0 Å². The van der Waals surface area contributed by atoms with Gasteiger partial charge >= 0.3 is 0 Å². The van der Waals surface area contributed by atoms with Crippen LogP contribution in [0.5, 0.6) is 0 Å². The summed E-state index contributed by atoms with van der Waals surface area (Å²) in [6.45, 7) is 48.8. The van der Waals surface area contributed by atoms with Gasteiger partial charge in [-0.3, -0.25) is 0 Å². The van der Waals surface area contributed by atoms with Gasteiger partial charge in [-0.15, -0.1) is 0 Å². The topological polar surface area (TPSA) is 0 Å². The third-order valence-electron chi connectivity index (χ3n) is 36.3. The van der Waals surface area contributed by atoms with Gasteiger partial charge in [0.15, 0.2) is 0 Å².